The molecule has 156 valence electrons. The maximum atomic E-state index is 13.9. The van der Waals surface area contributed by atoms with Crippen LogP contribution in [0.5, 0.6) is 0 Å². The van der Waals surface area contributed by atoms with Gasteiger partial charge in [-0.3, -0.25) is 9.59 Å². The van der Waals surface area contributed by atoms with Crippen LogP contribution in [0, 0.1) is 5.82 Å². The van der Waals surface area contributed by atoms with Gasteiger partial charge in [0, 0.05) is 34.1 Å². The van der Waals surface area contributed by atoms with Gasteiger partial charge in [-0.25, -0.2) is 4.39 Å². The third-order valence-corrected chi connectivity index (χ3v) is 5.88. The Kier molecular flexibility index (Phi) is 5.88. The Morgan fingerprint density at radius 3 is 2.70 bits per heavy atom. The molecule has 30 heavy (non-hydrogen) atoms. The Morgan fingerprint density at radius 1 is 1.20 bits per heavy atom. The highest BCUT2D eigenvalue weighted by Gasteiger charge is 2.26. The Bertz CT molecular complexity index is 1110. The first kappa shape index (κ1) is 20.6. The van der Waals surface area contributed by atoms with Crippen LogP contribution in [0.15, 0.2) is 42.5 Å². The molecule has 7 heteroatoms. The molecule has 4 rings (SSSR count). The van der Waals surface area contributed by atoms with Gasteiger partial charge in [-0.1, -0.05) is 23.7 Å². The lowest BCUT2D eigenvalue weighted by Gasteiger charge is -2.24. The number of halogens is 2. The second kappa shape index (κ2) is 8.58. The molecule has 2 N–H and O–H groups in total. The minimum absolute atomic E-state index is 0.0822. The number of carbonyl (C=O) groups excluding carboxylic acids is 1. The average Bonchev–Trinajstić information content (AvgIpc) is 3.00. The zero-order valence-corrected chi connectivity index (χ0v) is 17.1. The Balaban J connectivity index is 1.47. The molecule has 0 aliphatic heterocycles. The Hall–Kier alpha value is -2.70. The van der Waals surface area contributed by atoms with E-state index in [1.807, 2.05) is 12.1 Å². The van der Waals surface area contributed by atoms with Crippen molar-refractivity contribution >= 4 is 34.3 Å². The summed E-state index contributed by atoms with van der Waals surface area (Å²) in [7, 11) is 0. The number of ketones is 1. The molecule has 0 saturated carbocycles. The summed E-state index contributed by atoms with van der Waals surface area (Å²) >= 11 is 5.88. The molecule has 1 aliphatic carbocycles. The van der Waals surface area contributed by atoms with Crippen molar-refractivity contribution in [3.8, 4) is 0 Å². The minimum Gasteiger partial charge on any atom is -0.480 e. The van der Waals surface area contributed by atoms with Crippen LogP contribution in [-0.2, 0) is 35.4 Å². The SMILES string of the molecule is O=C(O)Cn1c2c(c3cc(F)ccc31)C[C@@H](NCC(=O)Cc1ccc(Cl)cc1)CC2. The smallest absolute Gasteiger partial charge is 0.323 e. The van der Waals surface area contributed by atoms with E-state index in [1.54, 1.807) is 22.8 Å². The first-order valence-electron chi connectivity index (χ1n) is 9.91. The number of fused-ring (bicyclic) bond motifs is 3. The number of Topliss-reactive ketones (excluding diaryl/α,β-unsaturated/α-hetero) is 1. The lowest BCUT2D eigenvalue weighted by molar-refractivity contribution is -0.137. The number of carbonyl (C=O) groups is 2. The number of rotatable bonds is 7. The van der Waals surface area contributed by atoms with E-state index in [9.17, 15) is 19.1 Å². The normalized spacial score (nSPS) is 15.9. The quantitative estimate of drug-likeness (QED) is 0.600. The number of benzene rings is 2. The van der Waals surface area contributed by atoms with Crippen molar-refractivity contribution in [3.05, 3.63) is 70.1 Å². The van der Waals surface area contributed by atoms with E-state index < -0.39 is 5.97 Å². The Labute approximate surface area is 178 Å². The van der Waals surface area contributed by atoms with E-state index in [2.05, 4.69) is 5.32 Å². The molecule has 1 atom stereocenters. The van der Waals surface area contributed by atoms with Crippen LogP contribution in [0.25, 0.3) is 10.9 Å². The van der Waals surface area contributed by atoms with Gasteiger partial charge in [0.15, 0.2) is 5.78 Å². The highest BCUT2D eigenvalue weighted by atomic mass is 35.5. The summed E-state index contributed by atoms with van der Waals surface area (Å²) in [5.41, 5.74) is 3.58. The van der Waals surface area contributed by atoms with Crippen molar-refractivity contribution in [1.82, 2.24) is 9.88 Å². The number of carboxylic acid groups (broad SMARTS) is 1. The van der Waals surface area contributed by atoms with Crippen molar-refractivity contribution in [2.45, 2.75) is 38.3 Å². The fourth-order valence-electron chi connectivity index (χ4n) is 4.26. The average molecular weight is 429 g/mol. The fraction of sp³-hybridized carbons (Fsp3) is 0.304. The van der Waals surface area contributed by atoms with Crippen molar-refractivity contribution in [1.29, 1.82) is 0 Å². The van der Waals surface area contributed by atoms with Crippen LogP contribution in [-0.4, -0.2) is 34.0 Å². The number of carboxylic acids is 1. The van der Waals surface area contributed by atoms with E-state index in [0.29, 0.717) is 24.3 Å². The third-order valence-electron chi connectivity index (χ3n) is 5.62. The van der Waals surface area contributed by atoms with Gasteiger partial charge in [0.05, 0.1) is 6.54 Å². The lowest BCUT2D eigenvalue weighted by Crippen LogP contribution is -2.38. The molecule has 3 aromatic rings. The molecule has 5 nitrogen and oxygen atoms in total. The Morgan fingerprint density at radius 2 is 1.97 bits per heavy atom. The van der Waals surface area contributed by atoms with Crippen molar-refractivity contribution < 1.29 is 19.1 Å². The largest absolute Gasteiger partial charge is 0.480 e. The molecule has 0 fully saturated rings. The van der Waals surface area contributed by atoms with Crippen LogP contribution in [0.3, 0.4) is 0 Å². The number of hydrogen-bond donors (Lipinski definition) is 2. The molecule has 0 spiro atoms. The summed E-state index contributed by atoms with van der Waals surface area (Å²) in [6.07, 6.45) is 2.45. The number of aliphatic carboxylic acids is 1. The summed E-state index contributed by atoms with van der Waals surface area (Å²) in [4.78, 5) is 23.7. The molecule has 0 bridgehead atoms. The summed E-state index contributed by atoms with van der Waals surface area (Å²) in [6.45, 7) is 0.111. The number of nitrogens with one attached hydrogen (secondary N) is 1. The van der Waals surface area contributed by atoms with E-state index in [4.69, 9.17) is 11.6 Å². The highest BCUT2D eigenvalue weighted by Crippen LogP contribution is 2.33. The standard InChI is InChI=1S/C23H22ClFN2O3/c24-15-3-1-14(2-4-15)9-18(28)12-26-17-6-8-22-20(11-17)19-10-16(25)5-7-21(19)27(22)13-23(29)30/h1-5,7,10,17,26H,6,8-9,11-13H2,(H,29,30)/t17-/m0/s1. The topological polar surface area (TPSA) is 71.3 Å². The molecular formula is C23H22ClFN2O3. The van der Waals surface area contributed by atoms with Gasteiger partial charge < -0.3 is 15.0 Å². The minimum atomic E-state index is -0.924. The summed E-state index contributed by atoms with van der Waals surface area (Å²) in [5.74, 6) is -1.18. The van der Waals surface area contributed by atoms with Crippen LogP contribution < -0.4 is 5.32 Å². The summed E-state index contributed by atoms with van der Waals surface area (Å²) in [5, 5.41) is 14.0. The predicted octanol–water partition coefficient (Wildman–Crippen LogP) is 3.78. The highest BCUT2D eigenvalue weighted by molar-refractivity contribution is 6.30. The number of hydrogen-bond acceptors (Lipinski definition) is 3. The molecule has 0 unspecified atom stereocenters. The van der Waals surface area contributed by atoms with Gasteiger partial charge in [-0.05, 0) is 60.7 Å². The molecule has 1 aromatic heterocycles. The summed E-state index contributed by atoms with van der Waals surface area (Å²) in [6, 6.07) is 11.8. The molecule has 2 aromatic carbocycles. The second-order valence-electron chi connectivity index (χ2n) is 7.73. The van der Waals surface area contributed by atoms with Crippen LogP contribution in [0.2, 0.25) is 5.02 Å². The van der Waals surface area contributed by atoms with Gasteiger partial charge in [-0.15, -0.1) is 0 Å². The monoisotopic (exact) mass is 428 g/mol. The van der Waals surface area contributed by atoms with Gasteiger partial charge in [-0.2, -0.15) is 0 Å². The second-order valence-corrected chi connectivity index (χ2v) is 8.17. The molecule has 0 amide bonds. The first-order chi connectivity index (χ1) is 14.4. The van der Waals surface area contributed by atoms with E-state index in [0.717, 1.165) is 34.1 Å². The van der Waals surface area contributed by atoms with Gasteiger partial charge in [0.2, 0.25) is 0 Å². The molecule has 1 heterocycles. The zero-order chi connectivity index (χ0) is 21.3. The van der Waals surface area contributed by atoms with Crippen molar-refractivity contribution in [2.75, 3.05) is 6.54 Å². The van der Waals surface area contributed by atoms with Crippen LogP contribution in [0.4, 0.5) is 4.39 Å². The van der Waals surface area contributed by atoms with Gasteiger partial charge in [0.25, 0.3) is 0 Å². The van der Waals surface area contributed by atoms with Gasteiger partial charge in [0.1, 0.15) is 12.4 Å². The summed E-state index contributed by atoms with van der Waals surface area (Å²) < 4.78 is 15.6. The van der Waals surface area contributed by atoms with Crippen LogP contribution in [0.1, 0.15) is 23.2 Å². The molecule has 0 radical (unpaired) electrons. The number of nitrogens with zero attached hydrogens (tertiary/aromatic N) is 1. The molecular weight excluding hydrogens is 407 g/mol. The maximum Gasteiger partial charge on any atom is 0.323 e. The van der Waals surface area contributed by atoms with E-state index >= 15 is 0 Å². The van der Waals surface area contributed by atoms with Gasteiger partial charge >= 0.3 is 5.97 Å². The fourth-order valence-corrected chi connectivity index (χ4v) is 4.39. The van der Waals surface area contributed by atoms with E-state index in [-0.39, 0.29) is 30.7 Å². The first-order valence-corrected chi connectivity index (χ1v) is 10.3. The maximum absolute atomic E-state index is 13.9. The number of aromatic nitrogens is 1. The zero-order valence-electron chi connectivity index (χ0n) is 16.3. The van der Waals surface area contributed by atoms with E-state index in [1.165, 1.54) is 12.1 Å². The van der Waals surface area contributed by atoms with Crippen LogP contribution >= 0.6 is 11.6 Å². The lowest BCUT2D eigenvalue weighted by atomic mass is 9.91. The van der Waals surface area contributed by atoms with Crippen molar-refractivity contribution in [3.63, 3.8) is 0 Å². The predicted molar refractivity (Wildman–Crippen MR) is 114 cm³/mol. The van der Waals surface area contributed by atoms with Crippen molar-refractivity contribution in [2.24, 2.45) is 0 Å². The molecule has 1 aliphatic rings. The molecule has 0 saturated heterocycles. The third kappa shape index (κ3) is 4.40.